The molecule has 0 aliphatic rings. The van der Waals surface area contributed by atoms with Gasteiger partial charge in [0, 0.05) is 11.1 Å². The van der Waals surface area contributed by atoms with E-state index in [1.807, 2.05) is 18.2 Å². The van der Waals surface area contributed by atoms with E-state index >= 15 is 0 Å². The SMILES string of the molecule is COC(=O)CCn1ncc2ccc(N)cc21. The van der Waals surface area contributed by atoms with Crippen LogP contribution in [0.4, 0.5) is 5.69 Å². The highest BCUT2D eigenvalue weighted by Crippen LogP contribution is 2.17. The van der Waals surface area contributed by atoms with Crippen molar-refractivity contribution in [3.05, 3.63) is 24.4 Å². The lowest BCUT2D eigenvalue weighted by Crippen LogP contribution is -2.07. The fraction of sp³-hybridized carbons (Fsp3) is 0.273. The number of carbonyl (C=O) groups excluding carboxylic acids is 1. The molecule has 0 saturated carbocycles. The van der Waals surface area contributed by atoms with E-state index in [1.165, 1.54) is 7.11 Å². The molecule has 2 rings (SSSR count). The van der Waals surface area contributed by atoms with E-state index < -0.39 is 0 Å². The van der Waals surface area contributed by atoms with Crippen LogP contribution in [0.2, 0.25) is 0 Å². The quantitative estimate of drug-likeness (QED) is 0.621. The maximum Gasteiger partial charge on any atom is 0.307 e. The molecule has 0 bridgehead atoms. The molecule has 2 N–H and O–H groups in total. The molecule has 0 atom stereocenters. The summed E-state index contributed by atoms with van der Waals surface area (Å²) in [6.45, 7) is 0.500. The molecule has 2 aromatic rings. The molecule has 1 aromatic heterocycles. The van der Waals surface area contributed by atoms with Crippen molar-refractivity contribution in [2.24, 2.45) is 0 Å². The number of hydrogen-bond donors (Lipinski definition) is 1. The number of nitrogens with zero attached hydrogens (tertiary/aromatic N) is 2. The monoisotopic (exact) mass is 219 g/mol. The molecule has 0 spiro atoms. The number of nitrogen functional groups attached to an aromatic ring is 1. The number of nitrogens with two attached hydrogens (primary N) is 1. The van der Waals surface area contributed by atoms with Gasteiger partial charge in [0.05, 0.1) is 31.8 Å². The van der Waals surface area contributed by atoms with Gasteiger partial charge in [0.2, 0.25) is 0 Å². The summed E-state index contributed by atoms with van der Waals surface area (Å²) in [6.07, 6.45) is 2.06. The largest absolute Gasteiger partial charge is 0.469 e. The van der Waals surface area contributed by atoms with Crippen molar-refractivity contribution in [3.8, 4) is 0 Å². The van der Waals surface area contributed by atoms with Crippen LogP contribution in [0.1, 0.15) is 6.42 Å². The van der Waals surface area contributed by atoms with Crippen LogP contribution in [-0.4, -0.2) is 22.9 Å². The fourth-order valence-corrected chi connectivity index (χ4v) is 1.56. The van der Waals surface area contributed by atoms with Gasteiger partial charge in [-0.15, -0.1) is 0 Å². The van der Waals surface area contributed by atoms with Crippen LogP contribution >= 0.6 is 0 Å². The normalized spacial score (nSPS) is 10.6. The molecule has 84 valence electrons. The first-order valence-electron chi connectivity index (χ1n) is 4.98. The van der Waals surface area contributed by atoms with E-state index in [4.69, 9.17) is 5.73 Å². The lowest BCUT2D eigenvalue weighted by molar-refractivity contribution is -0.140. The predicted octanol–water partition coefficient (Wildman–Crippen LogP) is 1.18. The minimum atomic E-state index is -0.243. The number of methoxy groups -OCH3 is 1. The number of aryl methyl sites for hydroxylation is 1. The molecule has 0 aliphatic carbocycles. The Kier molecular flexibility index (Phi) is 2.76. The third-order valence-corrected chi connectivity index (χ3v) is 2.42. The first-order valence-corrected chi connectivity index (χ1v) is 4.98. The second-order valence-corrected chi connectivity index (χ2v) is 3.51. The van der Waals surface area contributed by atoms with E-state index in [0.717, 1.165) is 10.9 Å². The van der Waals surface area contributed by atoms with Gasteiger partial charge in [0.15, 0.2) is 0 Å². The number of ether oxygens (including phenoxy) is 1. The zero-order valence-corrected chi connectivity index (χ0v) is 9.01. The Bertz CT molecular complexity index is 519. The van der Waals surface area contributed by atoms with Gasteiger partial charge in [-0.3, -0.25) is 9.48 Å². The molecule has 0 saturated heterocycles. The van der Waals surface area contributed by atoms with Crippen molar-refractivity contribution < 1.29 is 9.53 Å². The van der Waals surface area contributed by atoms with Gasteiger partial charge >= 0.3 is 5.97 Å². The van der Waals surface area contributed by atoms with Gasteiger partial charge in [0.1, 0.15) is 0 Å². The summed E-state index contributed by atoms with van der Waals surface area (Å²) in [5.74, 6) is -0.243. The number of aromatic nitrogens is 2. The van der Waals surface area contributed by atoms with Crippen molar-refractivity contribution in [2.45, 2.75) is 13.0 Å². The topological polar surface area (TPSA) is 70.1 Å². The summed E-state index contributed by atoms with van der Waals surface area (Å²) in [5, 5.41) is 5.21. The minimum absolute atomic E-state index is 0.243. The smallest absolute Gasteiger partial charge is 0.307 e. The Balaban J connectivity index is 2.24. The van der Waals surface area contributed by atoms with Crippen LogP contribution in [-0.2, 0) is 16.1 Å². The Labute approximate surface area is 92.8 Å². The Hall–Kier alpha value is -2.04. The maximum absolute atomic E-state index is 11.0. The van der Waals surface area contributed by atoms with E-state index in [9.17, 15) is 4.79 Å². The lowest BCUT2D eigenvalue weighted by atomic mass is 10.2. The van der Waals surface area contributed by atoms with Crippen molar-refractivity contribution >= 4 is 22.6 Å². The molecule has 0 aliphatic heterocycles. The van der Waals surface area contributed by atoms with Crippen molar-refractivity contribution in [2.75, 3.05) is 12.8 Å². The Morgan fingerprint density at radius 2 is 2.38 bits per heavy atom. The third-order valence-electron chi connectivity index (χ3n) is 2.42. The number of esters is 1. The molecule has 0 amide bonds. The highest BCUT2D eigenvalue weighted by molar-refractivity contribution is 5.82. The van der Waals surface area contributed by atoms with E-state index in [0.29, 0.717) is 18.7 Å². The van der Waals surface area contributed by atoms with Gasteiger partial charge in [-0.05, 0) is 18.2 Å². The zero-order chi connectivity index (χ0) is 11.5. The number of fused-ring (bicyclic) bond motifs is 1. The fourth-order valence-electron chi connectivity index (χ4n) is 1.56. The summed E-state index contributed by atoms with van der Waals surface area (Å²) in [7, 11) is 1.38. The lowest BCUT2D eigenvalue weighted by Gasteiger charge is -2.03. The molecule has 16 heavy (non-hydrogen) atoms. The first-order chi connectivity index (χ1) is 7.70. The summed E-state index contributed by atoms with van der Waals surface area (Å²) < 4.78 is 6.33. The molecular weight excluding hydrogens is 206 g/mol. The van der Waals surface area contributed by atoms with E-state index in [1.54, 1.807) is 10.9 Å². The minimum Gasteiger partial charge on any atom is -0.469 e. The summed E-state index contributed by atoms with van der Waals surface area (Å²) in [6, 6.07) is 5.58. The summed E-state index contributed by atoms with van der Waals surface area (Å²) in [4.78, 5) is 11.0. The number of hydrogen-bond acceptors (Lipinski definition) is 4. The van der Waals surface area contributed by atoms with Gasteiger partial charge in [-0.1, -0.05) is 0 Å². The number of rotatable bonds is 3. The predicted molar refractivity (Wildman–Crippen MR) is 60.8 cm³/mol. The number of anilines is 1. The maximum atomic E-state index is 11.0. The highest BCUT2D eigenvalue weighted by atomic mass is 16.5. The van der Waals surface area contributed by atoms with Crippen LogP contribution in [0.15, 0.2) is 24.4 Å². The van der Waals surface area contributed by atoms with Gasteiger partial charge in [-0.2, -0.15) is 5.10 Å². The molecule has 0 fully saturated rings. The van der Waals surface area contributed by atoms with Crippen LogP contribution in [0.5, 0.6) is 0 Å². The molecule has 1 aromatic carbocycles. The average molecular weight is 219 g/mol. The van der Waals surface area contributed by atoms with Crippen LogP contribution in [0.3, 0.4) is 0 Å². The standard InChI is InChI=1S/C11H13N3O2/c1-16-11(15)4-5-14-10-6-9(12)3-2-8(10)7-13-14/h2-3,6-7H,4-5,12H2,1H3. The molecule has 0 radical (unpaired) electrons. The van der Waals surface area contributed by atoms with E-state index in [2.05, 4.69) is 9.84 Å². The molecule has 0 unspecified atom stereocenters. The highest BCUT2D eigenvalue weighted by Gasteiger charge is 2.05. The van der Waals surface area contributed by atoms with Crippen LogP contribution in [0.25, 0.3) is 10.9 Å². The van der Waals surface area contributed by atoms with Crippen molar-refractivity contribution in [1.82, 2.24) is 9.78 Å². The average Bonchev–Trinajstić information content (AvgIpc) is 2.68. The van der Waals surface area contributed by atoms with Gasteiger partial charge in [0.25, 0.3) is 0 Å². The summed E-state index contributed by atoms with van der Waals surface area (Å²) >= 11 is 0. The second-order valence-electron chi connectivity index (χ2n) is 3.51. The zero-order valence-electron chi connectivity index (χ0n) is 9.01. The van der Waals surface area contributed by atoms with Gasteiger partial charge < -0.3 is 10.5 Å². The Morgan fingerprint density at radius 1 is 1.56 bits per heavy atom. The third kappa shape index (κ3) is 1.98. The number of carbonyl (C=O) groups is 1. The second kappa shape index (κ2) is 4.22. The van der Waals surface area contributed by atoms with Crippen LogP contribution in [0, 0.1) is 0 Å². The van der Waals surface area contributed by atoms with E-state index in [-0.39, 0.29) is 5.97 Å². The van der Waals surface area contributed by atoms with Crippen molar-refractivity contribution in [1.29, 1.82) is 0 Å². The van der Waals surface area contributed by atoms with Crippen molar-refractivity contribution in [3.63, 3.8) is 0 Å². The molecule has 5 nitrogen and oxygen atoms in total. The molecule has 5 heteroatoms. The van der Waals surface area contributed by atoms with Gasteiger partial charge in [-0.25, -0.2) is 0 Å². The summed E-state index contributed by atoms with van der Waals surface area (Å²) in [5.41, 5.74) is 7.32. The molecular formula is C11H13N3O2. The molecule has 1 heterocycles. The first kappa shape index (κ1) is 10.5. The Morgan fingerprint density at radius 3 is 3.12 bits per heavy atom. The number of benzene rings is 1. The van der Waals surface area contributed by atoms with Crippen LogP contribution < -0.4 is 5.73 Å².